The fourth-order valence-corrected chi connectivity index (χ4v) is 0.518. The zero-order valence-electron chi connectivity index (χ0n) is 7.12. The van der Waals surface area contributed by atoms with Crippen molar-refractivity contribution in [2.45, 2.75) is 26.4 Å². The molecule has 0 aromatic carbocycles. The summed E-state index contributed by atoms with van der Waals surface area (Å²) in [6, 6.07) is 0. The molecule has 1 atom stereocenters. The molecule has 0 aromatic heterocycles. The number of rotatable bonds is 5. The first-order valence-corrected chi connectivity index (χ1v) is 3.81. The van der Waals surface area contributed by atoms with Crippen molar-refractivity contribution in [3.63, 3.8) is 0 Å². The second-order valence-corrected chi connectivity index (χ2v) is 2.34. The fourth-order valence-electron chi connectivity index (χ4n) is 0.518. The molecule has 0 aliphatic rings. The van der Waals surface area contributed by atoms with Crippen molar-refractivity contribution >= 4 is 6.34 Å². The summed E-state index contributed by atoms with van der Waals surface area (Å²) in [5, 5.41) is 11.7. The van der Waals surface area contributed by atoms with Crippen LogP contribution in [0, 0.1) is 0 Å². The van der Waals surface area contributed by atoms with Crippen molar-refractivity contribution in [1.29, 1.82) is 0 Å². The molecule has 0 aliphatic heterocycles. The molecule has 3 heteroatoms. The Morgan fingerprint density at radius 2 is 2.36 bits per heavy atom. The Morgan fingerprint density at radius 3 is 2.91 bits per heavy atom. The Kier molecular flexibility index (Phi) is 6.73. The van der Waals surface area contributed by atoms with E-state index in [4.69, 9.17) is 5.11 Å². The van der Waals surface area contributed by atoms with Crippen LogP contribution in [0.3, 0.4) is 0 Å². The molecule has 0 saturated carbocycles. The summed E-state index contributed by atoms with van der Waals surface area (Å²) in [4.78, 5) is 4.00. The minimum absolute atomic E-state index is 0.256. The topological polar surface area (TPSA) is 44.6 Å². The van der Waals surface area contributed by atoms with Crippen molar-refractivity contribution < 1.29 is 5.11 Å². The molecule has 0 rings (SSSR count). The highest BCUT2D eigenvalue weighted by Gasteiger charge is 1.90. The first-order chi connectivity index (χ1) is 5.27. The smallest absolute Gasteiger partial charge is 0.0863 e. The van der Waals surface area contributed by atoms with Gasteiger partial charge in [0.25, 0.3) is 0 Å². The Balaban J connectivity index is 3.16. The van der Waals surface area contributed by atoms with E-state index >= 15 is 0 Å². The highest BCUT2D eigenvalue weighted by atomic mass is 16.3. The molecule has 0 radical (unpaired) electrons. The Morgan fingerprint density at radius 1 is 1.64 bits per heavy atom. The van der Waals surface area contributed by atoms with Crippen molar-refractivity contribution in [1.82, 2.24) is 5.32 Å². The van der Waals surface area contributed by atoms with E-state index in [1.54, 1.807) is 19.5 Å². The minimum Gasteiger partial charge on any atom is -0.393 e. The van der Waals surface area contributed by atoms with E-state index in [1.165, 1.54) is 0 Å². The number of allylic oxidation sites excluding steroid dienone is 1. The molecule has 0 heterocycles. The van der Waals surface area contributed by atoms with Gasteiger partial charge in [0, 0.05) is 6.54 Å². The number of aliphatic hydroxyl groups excluding tert-OH is 1. The van der Waals surface area contributed by atoms with Crippen LogP contribution in [0.4, 0.5) is 0 Å². The molecular weight excluding hydrogens is 140 g/mol. The van der Waals surface area contributed by atoms with E-state index in [-0.39, 0.29) is 6.10 Å². The second kappa shape index (κ2) is 7.28. The van der Waals surface area contributed by atoms with Crippen LogP contribution in [0.1, 0.15) is 20.3 Å². The average Bonchev–Trinajstić information content (AvgIpc) is 1.96. The van der Waals surface area contributed by atoms with E-state index < -0.39 is 0 Å². The lowest BCUT2D eigenvalue weighted by Crippen LogP contribution is -2.04. The summed E-state index contributed by atoms with van der Waals surface area (Å²) in [6.07, 6.45) is 5.78. The molecule has 0 amide bonds. The molecule has 0 aliphatic carbocycles. The van der Waals surface area contributed by atoms with Gasteiger partial charge in [-0.15, -0.1) is 0 Å². The first-order valence-electron chi connectivity index (χ1n) is 3.81. The molecule has 0 saturated heterocycles. The monoisotopic (exact) mass is 156 g/mol. The van der Waals surface area contributed by atoms with E-state index in [0.717, 1.165) is 0 Å². The summed E-state index contributed by atoms with van der Waals surface area (Å²) in [7, 11) is 0. The molecule has 11 heavy (non-hydrogen) atoms. The zero-order valence-corrected chi connectivity index (χ0v) is 7.12. The molecule has 2 N–H and O–H groups in total. The summed E-state index contributed by atoms with van der Waals surface area (Å²) < 4.78 is 0. The molecule has 1 unspecified atom stereocenters. The standard InChI is InChI=1S/C8H16N2O/c1-3-5-9-7-10-6-4-8(2)11/h3,5,7-8,11H,4,6H2,1-2H3,(H,9,10)/b5-3+. The van der Waals surface area contributed by atoms with Crippen LogP contribution in [-0.2, 0) is 0 Å². The van der Waals surface area contributed by atoms with Crippen LogP contribution in [0.5, 0.6) is 0 Å². The Labute approximate surface area is 67.8 Å². The highest BCUT2D eigenvalue weighted by molar-refractivity contribution is 5.55. The summed E-state index contributed by atoms with van der Waals surface area (Å²) in [5.74, 6) is 0. The number of aliphatic imine (C=N–C) groups is 1. The van der Waals surface area contributed by atoms with E-state index in [0.29, 0.717) is 13.0 Å². The maximum absolute atomic E-state index is 8.85. The van der Waals surface area contributed by atoms with Gasteiger partial charge < -0.3 is 10.4 Å². The number of aliphatic hydroxyl groups is 1. The maximum Gasteiger partial charge on any atom is 0.0863 e. The number of hydrogen-bond acceptors (Lipinski definition) is 2. The fraction of sp³-hybridized carbons (Fsp3) is 0.625. The van der Waals surface area contributed by atoms with Crippen LogP contribution >= 0.6 is 0 Å². The maximum atomic E-state index is 8.85. The third-order valence-corrected chi connectivity index (χ3v) is 1.10. The van der Waals surface area contributed by atoms with Gasteiger partial charge in [-0.3, -0.25) is 4.99 Å². The molecule has 0 aromatic rings. The van der Waals surface area contributed by atoms with Crippen molar-refractivity contribution in [2.75, 3.05) is 6.54 Å². The van der Waals surface area contributed by atoms with Crippen molar-refractivity contribution in [2.24, 2.45) is 4.99 Å². The number of nitrogens with one attached hydrogen (secondary N) is 1. The third kappa shape index (κ3) is 9.17. The molecule has 0 bridgehead atoms. The Bertz CT molecular complexity index is 130. The second-order valence-electron chi connectivity index (χ2n) is 2.34. The molecule has 0 spiro atoms. The lowest BCUT2D eigenvalue weighted by atomic mass is 10.3. The molecule has 0 fully saturated rings. The number of hydrogen-bond donors (Lipinski definition) is 2. The van der Waals surface area contributed by atoms with E-state index in [1.807, 2.05) is 13.0 Å². The largest absolute Gasteiger partial charge is 0.393 e. The Hall–Kier alpha value is -0.830. The van der Waals surface area contributed by atoms with Gasteiger partial charge in [-0.1, -0.05) is 6.08 Å². The van der Waals surface area contributed by atoms with Crippen LogP contribution < -0.4 is 5.32 Å². The van der Waals surface area contributed by atoms with Gasteiger partial charge in [0.05, 0.1) is 12.4 Å². The van der Waals surface area contributed by atoms with Gasteiger partial charge in [0.2, 0.25) is 0 Å². The van der Waals surface area contributed by atoms with Crippen LogP contribution in [0.2, 0.25) is 0 Å². The summed E-state index contributed by atoms with van der Waals surface area (Å²) in [5.41, 5.74) is 0. The summed E-state index contributed by atoms with van der Waals surface area (Å²) >= 11 is 0. The van der Waals surface area contributed by atoms with Gasteiger partial charge in [0.15, 0.2) is 0 Å². The van der Waals surface area contributed by atoms with E-state index in [2.05, 4.69) is 10.3 Å². The lowest BCUT2D eigenvalue weighted by molar-refractivity contribution is 0.187. The van der Waals surface area contributed by atoms with Crippen LogP contribution in [0.25, 0.3) is 0 Å². The van der Waals surface area contributed by atoms with Gasteiger partial charge >= 0.3 is 0 Å². The van der Waals surface area contributed by atoms with Crippen LogP contribution in [0.15, 0.2) is 17.3 Å². The molecule has 64 valence electrons. The first kappa shape index (κ1) is 10.2. The van der Waals surface area contributed by atoms with Crippen LogP contribution in [-0.4, -0.2) is 24.1 Å². The SMILES string of the molecule is C/C=C/NC=NCCC(C)O. The lowest BCUT2D eigenvalue weighted by Gasteiger charge is -1.97. The predicted molar refractivity (Wildman–Crippen MR) is 47.6 cm³/mol. The quantitative estimate of drug-likeness (QED) is 0.459. The predicted octanol–water partition coefficient (Wildman–Crippen LogP) is 0.909. The van der Waals surface area contributed by atoms with Crippen molar-refractivity contribution in [3.05, 3.63) is 12.3 Å². The summed E-state index contributed by atoms with van der Waals surface area (Å²) in [6.45, 7) is 4.35. The van der Waals surface area contributed by atoms with Gasteiger partial charge in [-0.05, 0) is 26.5 Å². The number of nitrogens with zero attached hydrogens (tertiary/aromatic N) is 1. The third-order valence-electron chi connectivity index (χ3n) is 1.10. The van der Waals surface area contributed by atoms with E-state index in [9.17, 15) is 0 Å². The van der Waals surface area contributed by atoms with Gasteiger partial charge in [-0.2, -0.15) is 0 Å². The van der Waals surface area contributed by atoms with Crippen molar-refractivity contribution in [3.8, 4) is 0 Å². The average molecular weight is 156 g/mol. The van der Waals surface area contributed by atoms with Gasteiger partial charge in [-0.25, -0.2) is 0 Å². The molecule has 3 nitrogen and oxygen atoms in total. The van der Waals surface area contributed by atoms with Gasteiger partial charge in [0.1, 0.15) is 0 Å². The highest BCUT2D eigenvalue weighted by Crippen LogP contribution is 1.87. The zero-order chi connectivity index (χ0) is 8.53. The normalized spacial score (nSPS) is 14.5. The minimum atomic E-state index is -0.256. The molecular formula is C8H16N2O.